The quantitative estimate of drug-likeness (QED) is 0.346. The molecule has 0 aliphatic rings. The van der Waals surface area contributed by atoms with E-state index in [1.54, 1.807) is 23.6 Å². The molecule has 0 saturated heterocycles. The van der Waals surface area contributed by atoms with Crippen LogP contribution in [0.2, 0.25) is 5.02 Å². The number of benzene rings is 2. The zero-order chi connectivity index (χ0) is 24.9. The third-order valence-corrected chi connectivity index (χ3v) is 6.66. The first-order chi connectivity index (χ1) is 16.8. The fraction of sp³-hybridized carbons (Fsp3) is 0.200. The van der Waals surface area contributed by atoms with E-state index in [2.05, 4.69) is 5.32 Å². The molecule has 180 valence electrons. The zero-order valence-corrected chi connectivity index (χ0v) is 20.1. The van der Waals surface area contributed by atoms with Crippen molar-refractivity contribution in [3.63, 3.8) is 0 Å². The van der Waals surface area contributed by atoms with Crippen LogP contribution in [0.25, 0.3) is 10.2 Å². The molecule has 0 unspecified atom stereocenters. The van der Waals surface area contributed by atoms with Crippen LogP contribution in [0.5, 0.6) is 0 Å². The van der Waals surface area contributed by atoms with Crippen molar-refractivity contribution in [2.24, 2.45) is 0 Å². The number of thiophene rings is 1. The monoisotopic (exact) mass is 513 g/mol. The molecule has 1 amide bonds. The summed E-state index contributed by atoms with van der Waals surface area (Å²) in [6, 6.07) is 13.9. The molecular weight excluding hydrogens is 493 g/mol. The minimum absolute atomic E-state index is 0.0709. The van der Waals surface area contributed by atoms with Crippen LogP contribution in [-0.4, -0.2) is 27.4 Å². The largest absolute Gasteiger partial charge is 0.356 e. The lowest BCUT2D eigenvalue weighted by atomic mass is 10.1. The van der Waals surface area contributed by atoms with Crippen molar-refractivity contribution in [1.29, 1.82) is 0 Å². The molecule has 0 saturated carbocycles. The highest BCUT2D eigenvalue weighted by Crippen LogP contribution is 2.16. The maximum absolute atomic E-state index is 13.2. The first kappa shape index (κ1) is 24.6. The summed E-state index contributed by atoms with van der Waals surface area (Å²) in [4.78, 5) is 51.1. The van der Waals surface area contributed by atoms with Crippen LogP contribution in [0.15, 0.2) is 69.6 Å². The molecule has 0 radical (unpaired) electrons. The van der Waals surface area contributed by atoms with Gasteiger partial charge in [-0.2, -0.15) is 0 Å². The van der Waals surface area contributed by atoms with Gasteiger partial charge < -0.3 is 5.32 Å². The number of amides is 1. The summed E-state index contributed by atoms with van der Waals surface area (Å²) in [6.45, 7) is -0.0377. The van der Waals surface area contributed by atoms with E-state index in [4.69, 9.17) is 11.6 Å². The highest BCUT2D eigenvalue weighted by atomic mass is 35.5. The number of hydrogen-bond donors (Lipinski definition) is 1. The second kappa shape index (κ2) is 10.8. The van der Waals surface area contributed by atoms with Gasteiger partial charge in [-0.3, -0.25) is 23.5 Å². The SMILES string of the molecule is O=C(CCn1c(=O)c2sccc2n(CC(=O)c2ccc(F)cc2)c1=O)NCCc1ccc(Cl)cc1. The Kier molecular flexibility index (Phi) is 7.57. The van der Waals surface area contributed by atoms with Crippen LogP contribution in [0.4, 0.5) is 4.39 Å². The summed E-state index contributed by atoms with van der Waals surface area (Å²) < 4.78 is 15.7. The van der Waals surface area contributed by atoms with Crippen molar-refractivity contribution in [2.75, 3.05) is 6.54 Å². The number of aromatic nitrogens is 2. The lowest BCUT2D eigenvalue weighted by molar-refractivity contribution is -0.121. The molecule has 0 aliphatic carbocycles. The summed E-state index contributed by atoms with van der Waals surface area (Å²) >= 11 is 7.03. The normalized spacial score (nSPS) is 11.0. The topological polar surface area (TPSA) is 90.2 Å². The van der Waals surface area contributed by atoms with E-state index in [0.717, 1.165) is 21.5 Å². The Morgan fingerprint density at radius 1 is 0.971 bits per heavy atom. The number of nitrogens with one attached hydrogen (secondary N) is 1. The van der Waals surface area contributed by atoms with E-state index in [0.29, 0.717) is 28.2 Å². The molecule has 0 fully saturated rings. The Morgan fingerprint density at radius 2 is 1.69 bits per heavy atom. The van der Waals surface area contributed by atoms with Gasteiger partial charge in [0.15, 0.2) is 5.78 Å². The fourth-order valence-corrected chi connectivity index (χ4v) is 4.62. The van der Waals surface area contributed by atoms with Crippen LogP contribution in [0, 0.1) is 5.82 Å². The number of nitrogens with zero attached hydrogens (tertiary/aromatic N) is 2. The molecule has 4 aromatic rings. The maximum atomic E-state index is 13.2. The van der Waals surface area contributed by atoms with Crippen LogP contribution in [0.3, 0.4) is 0 Å². The maximum Gasteiger partial charge on any atom is 0.331 e. The predicted octanol–water partition coefficient (Wildman–Crippen LogP) is 3.65. The third-order valence-electron chi connectivity index (χ3n) is 5.52. The number of halogens is 2. The van der Waals surface area contributed by atoms with Gasteiger partial charge in [-0.05, 0) is 59.8 Å². The molecule has 0 aliphatic heterocycles. The summed E-state index contributed by atoms with van der Waals surface area (Å²) in [6.07, 6.45) is 0.543. The molecule has 35 heavy (non-hydrogen) atoms. The van der Waals surface area contributed by atoms with Crippen molar-refractivity contribution >= 4 is 44.8 Å². The van der Waals surface area contributed by atoms with Gasteiger partial charge in [0.05, 0.1) is 12.1 Å². The van der Waals surface area contributed by atoms with Crippen LogP contribution in [-0.2, 0) is 24.3 Å². The molecule has 1 N–H and O–H groups in total. The minimum atomic E-state index is -0.676. The van der Waals surface area contributed by atoms with Crippen molar-refractivity contribution in [2.45, 2.75) is 25.9 Å². The highest BCUT2D eigenvalue weighted by molar-refractivity contribution is 7.17. The first-order valence-corrected chi connectivity index (χ1v) is 12.1. The third kappa shape index (κ3) is 5.75. The summed E-state index contributed by atoms with van der Waals surface area (Å²) in [5.41, 5.74) is 0.441. The van der Waals surface area contributed by atoms with Gasteiger partial charge in [0, 0.05) is 30.1 Å². The van der Waals surface area contributed by atoms with Gasteiger partial charge >= 0.3 is 5.69 Å². The van der Waals surface area contributed by atoms with E-state index >= 15 is 0 Å². The first-order valence-electron chi connectivity index (χ1n) is 10.8. The van der Waals surface area contributed by atoms with Gasteiger partial charge in [0.25, 0.3) is 5.56 Å². The summed E-state index contributed by atoms with van der Waals surface area (Å²) in [5, 5.41) is 5.08. The number of fused-ring (bicyclic) bond motifs is 1. The smallest absolute Gasteiger partial charge is 0.331 e. The molecule has 7 nitrogen and oxygen atoms in total. The Bertz CT molecular complexity index is 1490. The van der Waals surface area contributed by atoms with Gasteiger partial charge in [-0.1, -0.05) is 23.7 Å². The zero-order valence-electron chi connectivity index (χ0n) is 18.5. The summed E-state index contributed by atoms with van der Waals surface area (Å²) in [5.74, 6) is -1.17. The Labute approximate surface area is 208 Å². The standard InChI is InChI=1S/C25H21ClFN3O4S/c26-18-5-1-16(2-6-18)9-12-28-22(32)10-13-29-24(33)23-20(11-14-35-23)30(25(29)34)15-21(31)17-3-7-19(27)8-4-17/h1-8,11,14H,9-10,12-13,15H2,(H,28,32). The Balaban J connectivity index is 1.47. The van der Waals surface area contributed by atoms with Crippen LogP contribution < -0.4 is 16.6 Å². The molecule has 0 atom stereocenters. The van der Waals surface area contributed by atoms with Gasteiger partial charge in [-0.25, -0.2) is 9.18 Å². The van der Waals surface area contributed by atoms with E-state index in [9.17, 15) is 23.6 Å². The molecule has 0 spiro atoms. The molecule has 10 heteroatoms. The van der Waals surface area contributed by atoms with E-state index in [1.165, 1.54) is 28.8 Å². The van der Waals surface area contributed by atoms with Gasteiger partial charge in [0.2, 0.25) is 5.91 Å². The van der Waals surface area contributed by atoms with Crippen LogP contribution in [0.1, 0.15) is 22.3 Å². The molecule has 2 aromatic heterocycles. The highest BCUT2D eigenvalue weighted by Gasteiger charge is 2.18. The number of hydrogen-bond acceptors (Lipinski definition) is 5. The lowest BCUT2D eigenvalue weighted by Crippen LogP contribution is -2.41. The van der Waals surface area contributed by atoms with Crippen molar-refractivity contribution in [3.8, 4) is 0 Å². The number of carbonyl (C=O) groups excluding carboxylic acids is 2. The van der Waals surface area contributed by atoms with Crippen molar-refractivity contribution < 1.29 is 14.0 Å². The average Bonchev–Trinajstić information content (AvgIpc) is 3.33. The van der Waals surface area contributed by atoms with E-state index in [1.807, 2.05) is 12.1 Å². The van der Waals surface area contributed by atoms with Gasteiger partial charge in [0.1, 0.15) is 10.5 Å². The van der Waals surface area contributed by atoms with Crippen LogP contribution >= 0.6 is 22.9 Å². The number of ketones is 1. The Hall–Kier alpha value is -3.56. The second-order valence-corrected chi connectivity index (χ2v) is 9.22. The fourth-order valence-electron chi connectivity index (χ4n) is 3.65. The predicted molar refractivity (Wildman–Crippen MR) is 134 cm³/mol. The van der Waals surface area contributed by atoms with E-state index in [-0.39, 0.29) is 31.0 Å². The van der Waals surface area contributed by atoms with E-state index < -0.39 is 22.8 Å². The lowest BCUT2D eigenvalue weighted by Gasteiger charge is -2.12. The molecular formula is C25H21ClFN3O4S. The number of Topliss-reactive ketones (excluding diaryl/α,β-unsaturated/α-hetero) is 1. The second-order valence-electron chi connectivity index (χ2n) is 7.87. The number of carbonyl (C=O) groups is 2. The minimum Gasteiger partial charge on any atom is -0.356 e. The molecule has 2 heterocycles. The van der Waals surface area contributed by atoms with Gasteiger partial charge in [-0.15, -0.1) is 11.3 Å². The van der Waals surface area contributed by atoms with Crippen molar-refractivity contribution in [1.82, 2.24) is 14.5 Å². The Morgan fingerprint density at radius 3 is 2.40 bits per heavy atom. The molecule has 2 aromatic carbocycles. The van der Waals surface area contributed by atoms with Crippen molar-refractivity contribution in [3.05, 3.63) is 103 Å². The molecule has 0 bridgehead atoms. The average molecular weight is 514 g/mol. The number of rotatable bonds is 9. The molecule has 4 rings (SSSR count). The summed E-state index contributed by atoms with van der Waals surface area (Å²) in [7, 11) is 0.